The van der Waals surface area contributed by atoms with Crippen molar-refractivity contribution in [3.8, 4) is 0 Å². The minimum Gasteiger partial charge on any atom is -0.459 e. The summed E-state index contributed by atoms with van der Waals surface area (Å²) in [6.45, 7) is 22.6. The smallest absolute Gasteiger partial charge is 0.309 e. The molecular formula is C22H41NO4. The third-order valence-electron chi connectivity index (χ3n) is 7.19. The standard InChI is InChI=1S/C22H41NO4/c1-14(2)20(7,8)23-17(25)15(3)16(4)18(26)27-22(11,12)21(9,10)19(5,6)13-24/h13-16H,1-12H3,(H,23,25). The minimum atomic E-state index is -0.879. The average molecular weight is 384 g/mol. The Balaban J connectivity index is 5.30. The quantitative estimate of drug-likeness (QED) is 0.474. The van der Waals surface area contributed by atoms with Gasteiger partial charge in [-0.05, 0) is 33.6 Å². The predicted molar refractivity (Wildman–Crippen MR) is 109 cm³/mol. The Morgan fingerprint density at radius 2 is 1.30 bits per heavy atom. The number of hydrogen-bond donors (Lipinski definition) is 1. The van der Waals surface area contributed by atoms with Gasteiger partial charge in [0.15, 0.2) is 0 Å². The predicted octanol–water partition coefficient (Wildman–Crippen LogP) is 4.38. The van der Waals surface area contributed by atoms with Crippen LogP contribution in [0.15, 0.2) is 0 Å². The van der Waals surface area contributed by atoms with Gasteiger partial charge in [-0.15, -0.1) is 0 Å². The van der Waals surface area contributed by atoms with Crippen molar-refractivity contribution >= 4 is 18.2 Å². The summed E-state index contributed by atoms with van der Waals surface area (Å²) >= 11 is 0. The Labute approximate surface area is 166 Å². The van der Waals surface area contributed by atoms with E-state index in [9.17, 15) is 14.4 Å². The maximum absolute atomic E-state index is 12.8. The van der Waals surface area contributed by atoms with Gasteiger partial charge in [0, 0.05) is 22.3 Å². The molecule has 1 amide bonds. The van der Waals surface area contributed by atoms with Crippen LogP contribution in [0.5, 0.6) is 0 Å². The van der Waals surface area contributed by atoms with Crippen molar-refractivity contribution in [1.29, 1.82) is 0 Å². The lowest BCUT2D eigenvalue weighted by Crippen LogP contribution is -2.54. The summed E-state index contributed by atoms with van der Waals surface area (Å²) < 4.78 is 5.82. The number of carbonyl (C=O) groups excluding carboxylic acids is 3. The number of nitrogens with one attached hydrogen (secondary N) is 1. The van der Waals surface area contributed by atoms with Crippen molar-refractivity contribution < 1.29 is 19.1 Å². The Hall–Kier alpha value is -1.39. The number of rotatable bonds is 9. The Morgan fingerprint density at radius 1 is 0.852 bits per heavy atom. The largest absolute Gasteiger partial charge is 0.459 e. The first kappa shape index (κ1) is 25.6. The number of carbonyl (C=O) groups is 3. The van der Waals surface area contributed by atoms with Gasteiger partial charge in [-0.3, -0.25) is 9.59 Å². The van der Waals surface area contributed by atoms with Crippen molar-refractivity contribution in [3.05, 3.63) is 0 Å². The summed E-state index contributed by atoms with van der Waals surface area (Å²) in [5, 5.41) is 3.02. The molecule has 0 bridgehead atoms. The highest BCUT2D eigenvalue weighted by molar-refractivity contribution is 5.85. The summed E-state index contributed by atoms with van der Waals surface area (Å²) in [5.41, 5.74) is -2.51. The Kier molecular flexibility index (Phi) is 7.89. The summed E-state index contributed by atoms with van der Waals surface area (Å²) in [7, 11) is 0. The van der Waals surface area contributed by atoms with E-state index in [1.807, 2.05) is 69.2 Å². The van der Waals surface area contributed by atoms with Crippen LogP contribution >= 0.6 is 0 Å². The van der Waals surface area contributed by atoms with E-state index < -0.39 is 34.2 Å². The zero-order valence-corrected chi connectivity index (χ0v) is 19.4. The fourth-order valence-corrected chi connectivity index (χ4v) is 2.40. The maximum atomic E-state index is 12.8. The molecule has 5 heteroatoms. The topological polar surface area (TPSA) is 72.5 Å². The molecule has 1 N–H and O–H groups in total. The van der Waals surface area contributed by atoms with Crippen LogP contribution in [0.4, 0.5) is 0 Å². The van der Waals surface area contributed by atoms with E-state index in [1.165, 1.54) is 0 Å². The molecule has 0 aliphatic heterocycles. The summed E-state index contributed by atoms with van der Waals surface area (Å²) in [6, 6.07) is 0. The molecule has 2 atom stereocenters. The van der Waals surface area contributed by atoms with Crippen molar-refractivity contribution in [2.45, 2.75) is 94.2 Å². The molecule has 0 aliphatic rings. The van der Waals surface area contributed by atoms with Crippen LogP contribution in [-0.2, 0) is 19.1 Å². The van der Waals surface area contributed by atoms with Crippen LogP contribution in [0.2, 0.25) is 0 Å². The van der Waals surface area contributed by atoms with Crippen LogP contribution in [-0.4, -0.2) is 29.3 Å². The first-order chi connectivity index (χ1) is 11.8. The number of aldehydes is 1. The summed E-state index contributed by atoms with van der Waals surface area (Å²) in [5.74, 6) is -1.44. The van der Waals surface area contributed by atoms with Gasteiger partial charge >= 0.3 is 5.97 Å². The number of hydrogen-bond acceptors (Lipinski definition) is 4. The zero-order valence-electron chi connectivity index (χ0n) is 19.4. The fourth-order valence-electron chi connectivity index (χ4n) is 2.40. The number of amides is 1. The van der Waals surface area contributed by atoms with E-state index in [2.05, 4.69) is 5.32 Å². The molecule has 0 aliphatic carbocycles. The Bertz CT molecular complexity index is 559. The Morgan fingerprint density at radius 3 is 1.67 bits per heavy atom. The molecule has 0 saturated carbocycles. The molecule has 0 aromatic carbocycles. The van der Waals surface area contributed by atoms with Gasteiger partial charge in [0.05, 0.1) is 5.92 Å². The average Bonchev–Trinajstić information content (AvgIpc) is 2.51. The van der Waals surface area contributed by atoms with Gasteiger partial charge in [-0.1, -0.05) is 55.4 Å². The van der Waals surface area contributed by atoms with Crippen molar-refractivity contribution in [1.82, 2.24) is 5.32 Å². The lowest BCUT2D eigenvalue weighted by atomic mass is 9.60. The highest BCUT2D eigenvalue weighted by Gasteiger charge is 2.51. The number of ether oxygens (including phenoxy) is 1. The normalized spacial score (nSPS) is 15.9. The second-order valence-electron chi connectivity index (χ2n) is 10.3. The van der Waals surface area contributed by atoms with E-state index in [0.717, 1.165) is 6.29 Å². The molecule has 0 fully saturated rings. The molecule has 0 rings (SSSR count). The third kappa shape index (κ3) is 5.55. The minimum absolute atomic E-state index is 0.163. The molecule has 0 heterocycles. The van der Waals surface area contributed by atoms with Crippen molar-refractivity contribution in [2.24, 2.45) is 28.6 Å². The van der Waals surface area contributed by atoms with Crippen molar-refractivity contribution in [3.63, 3.8) is 0 Å². The second kappa shape index (κ2) is 8.32. The molecule has 0 aromatic rings. The van der Waals surface area contributed by atoms with E-state index >= 15 is 0 Å². The highest BCUT2D eigenvalue weighted by Crippen LogP contribution is 2.47. The van der Waals surface area contributed by atoms with Crippen LogP contribution in [0.1, 0.15) is 83.1 Å². The SMILES string of the molecule is CC(C(=O)NC(C)(C)C(C)C)C(C)C(=O)OC(C)(C)C(C)(C)C(C)(C)C=O. The van der Waals surface area contributed by atoms with E-state index in [1.54, 1.807) is 13.8 Å². The third-order valence-corrected chi connectivity index (χ3v) is 7.19. The van der Waals surface area contributed by atoms with Crippen LogP contribution in [0.3, 0.4) is 0 Å². The fraction of sp³-hybridized carbons (Fsp3) is 0.864. The lowest BCUT2D eigenvalue weighted by molar-refractivity contribution is -0.186. The first-order valence-corrected chi connectivity index (χ1v) is 9.85. The monoisotopic (exact) mass is 383 g/mol. The maximum Gasteiger partial charge on any atom is 0.309 e. The van der Waals surface area contributed by atoms with Gasteiger partial charge < -0.3 is 14.8 Å². The molecule has 0 spiro atoms. The van der Waals surface area contributed by atoms with Crippen LogP contribution in [0, 0.1) is 28.6 Å². The molecule has 27 heavy (non-hydrogen) atoms. The van der Waals surface area contributed by atoms with E-state index in [0.29, 0.717) is 0 Å². The highest BCUT2D eigenvalue weighted by atomic mass is 16.6. The molecule has 0 radical (unpaired) electrons. The van der Waals surface area contributed by atoms with Crippen LogP contribution in [0.25, 0.3) is 0 Å². The van der Waals surface area contributed by atoms with Gasteiger partial charge in [-0.2, -0.15) is 0 Å². The summed E-state index contributed by atoms with van der Waals surface area (Å²) in [6.07, 6.45) is 0.899. The second-order valence-corrected chi connectivity index (χ2v) is 10.3. The summed E-state index contributed by atoms with van der Waals surface area (Å²) in [4.78, 5) is 36.9. The molecule has 2 unspecified atom stereocenters. The van der Waals surface area contributed by atoms with Gasteiger partial charge in [-0.25, -0.2) is 0 Å². The van der Waals surface area contributed by atoms with Gasteiger partial charge in [0.2, 0.25) is 5.91 Å². The molecule has 0 saturated heterocycles. The molecular weight excluding hydrogens is 342 g/mol. The zero-order chi connectivity index (χ0) is 22.0. The van der Waals surface area contributed by atoms with Gasteiger partial charge in [0.25, 0.3) is 0 Å². The number of esters is 1. The molecule has 158 valence electrons. The lowest BCUT2D eigenvalue weighted by Gasteiger charge is -2.48. The van der Waals surface area contributed by atoms with E-state index in [4.69, 9.17) is 4.74 Å². The van der Waals surface area contributed by atoms with Crippen LogP contribution < -0.4 is 5.32 Å². The molecule has 0 aromatic heterocycles. The molecule has 5 nitrogen and oxygen atoms in total. The van der Waals surface area contributed by atoms with Gasteiger partial charge in [0.1, 0.15) is 11.9 Å². The van der Waals surface area contributed by atoms with E-state index in [-0.39, 0.29) is 17.4 Å². The van der Waals surface area contributed by atoms with Crippen molar-refractivity contribution in [2.75, 3.05) is 0 Å². The first-order valence-electron chi connectivity index (χ1n) is 9.85.